The molecule has 1 nitrogen and oxygen atoms in total. The summed E-state index contributed by atoms with van der Waals surface area (Å²) in [7, 11) is 2.95. The maximum Gasteiger partial charge on any atom is 0.136 e. The SMILES string of the molecule is COc1cc(C[S+]2CCCC2)c(/C=C/c2ccccc2)cc1C[S+]1CCCC1. The van der Waals surface area contributed by atoms with Crippen LogP contribution in [0.15, 0.2) is 42.5 Å². The molecule has 0 aromatic heterocycles. The van der Waals surface area contributed by atoms with Gasteiger partial charge in [0.25, 0.3) is 0 Å². The van der Waals surface area contributed by atoms with Gasteiger partial charge in [-0.25, -0.2) is 0 Å². The molecule has 0 bridgehead atoms. The molecule has 0 saturated carbocycles. The number of hydrogen-bond donors (Lipinski definition) is 0. The molecule has 0 amide bonds. The number of rotatable bonds is 7. The molecule has 2 aliphatic rings. The lowest BCUT2D eigenvalue weighted by molar-refractivity contribution is 0.411. The van der Waals surface area contributed by atoms with Crippen LogP contribution in [0.1, 0.15) is 47.9 Å². The van der Waals surface area contributed by atoms with Crippen molar-refractivity contribution in [3.8, 4) is 5.75 Å². The maximum atomic E-state index is 5.86. The quantitative estimate of drug-likeness (QED) is 0.419. The van der Waals surface area contributed by atoms with Crippen molar-refractivity contribution < 1.29 is 4.74 Å². The van der Waals surface area contributed by atoms with Crippen molar-refractivity contribution in [1.29, 1.82) is 0 Å². The van der Waals surface area contributed by atoms with Crippen molar-refractivity contribution in [3.05, 3.63) is 64.7 Å². The highest BCUT2D eigenvalue weighted by Crippen LogP contribution is 2.31. The van der Waals surface area contributed by atoms with Crippen LogP contribution in [0.3, 0.4) is 0 Å². The zero-order valence-electron chi connectivity index (χ0n) is 17.0. The number of methoxy groups -OCH3 is 1. The van der Waals surface area contributed by atoms with Gasteiger partial charge >= 0.3 is 0 Å². The molecular formula is C25H32OS2+2. The van der Waals surface area contributed by atoms with Crippen molar-refractivity contribution in [2.45, 2.75) is 37.2 Å². The summed E-state index contributed by atoms with van der Waals surface area (Å²) in [6.07, 6.45) is 10.3. The molecule has 2 aromatic rings. The van der Waals surface area contributed by atoms with Gasteiger partial charge in [-0.05, 0) is 70.7 Å². The van der Waals surface area contributed by atoms with Gasteiger partial charge in [-0.15, -0.1) is 0 Å². The lowest BCUT2D eigenvalue weighted by Crippen LogP contribution is -2.11. The average Bonchev–Trinajstić information content (AvgIpc) is 3.42. The molecule has 0 aliphatic carbocycles. The van der Waals surface area contributed by atoms with E-state index < -0.39 is 0 Å². The second-order valence-corrected chi connectivity index (χ2v) is 12.5. The zero-order valence-corrected chi connectivity index (χ0v) is 18.6. The molecule has 0 spiro atoms. The minimum absolute atomic E-state index is 0.549. The molecule has 2 aromatic carbocycles. The summed E-state index contributed by atoms with van der Waals surface area (Å²) in [6, 6.07) is 15.5. The van der Waals surface area contributed by atoms with Gasteiger partial charge in [-0.1, -0.05) is 42.5 Å². The molecular weight excluding hydrogens is 380 g/mol. The Morgan fingerprint density at radius 2 is 1.39 bits per heavy atom. The fourth-order valence-corrected chi connectivity index (χ4v) is 8.97. The predicted octanol–water partition coefficient (Wildman–Crippen LogP) is 5.69. The van der Waals surface area contributed by atoms with E-state index in [1.165, 1.54) is 82.5 Å². The van der Waals surface area contributed by atoms with Gasteiger partial charge in [0, 0.05) is 11.1 Å². The normalized spacial score (nSPS) is 18.3. The van der Waals surface area contributed by atoms with E-state index in [1.54, 1.807) is 0 Å². The molecule has 4 rings (SSSR count). The lowest BCUT2D eigenvalue weighted by atomic mass is 10.0. The summed E-state index contributed by atoms with van der Waals surface area (Å²) in [5.41, 5.74) is 5.57. The molecule has 0 atom stereocenters. The largest absolute Gasteiger partial charge is 0.496 e. The third kappa shape index (κ3) is 5.18. The highest BCUT2D eigenvalue weighted by Gasteiger charge is 2.28. The Kier molecular flexibility index (Phi) is 7.09. The van der Waals surface area contributed by atoms with Crippen molar-refractivity contribution in [2.24, 2.45) is 0 Å². The Balaban J connectivity index is 1.64. The first-order chi connectivity index (χ1) is 13.8. The summed E-state index contributed by atoms with van der Waals surface area (Å²) >= 11 is 0. The van der Waals surface area contributed by atoms with Crippen LogP contribution < -0.4 is 4.74 Å². The molecule has 2 fully saturated rings. The third-order valence-electron chi connectivity index (χ3n) is 5.75. The zero-order chi connectivity index (χ0) is 19.2. The van der Waals surface area contributed by atoms with Crippen LogP contribution in [0.4, 0.5) is 0 Å². The molecule has 2 heterocycles. The van der Waals surface area contributed by atoms with Gasteiger partial charge in [-0.3, -0.25) is 0 Å². The molecule has 0 unspecified atom stereocenters. The monoisotopic (exact) mass is 412 g/mol. The van der Waals surface area contributed by atoms with E-state index in [0.29, 0.717) is 21.8 Å². The van der Waals surface area contributed by atoms with Crippen LogP contribution in [-0.2, 0) is 33.3 Å². The molecule has 0 N–H and O–H groups in total. The Labute approximate surface area is 176 Å². The standard InChI is InChI=1S/C25H32OS2/c1-26-25-18-23(19-27-13-5-6-14-27)22(12-11-21-9-3-2-4-10-21)17-24(25)20-28-15-7-8-16-28/h2-4,9-12,17-18H,5-8,13-16,19-20H2,1H3/q+2/b12-11+. The van der Waals surface area contributed by atoms with E-state index in [2.05, 4.69) is 54.6 Å². The van der Waals surface area contributed by atoms with E-state index in [9.17, 15) is 0 Å². The smallest absolute Gasteiger partial charge is 0.136 e. The van der Waals surface area contributed by atoms with Gasteiger partial charge in [-0.2, -0.15) is 0 Å². The van der Waals surface area contributed by atoms with Gasteiger partial charge in [0.05, 0.1) is 7.11 Å². The fourth-order valence-electron chi connectivity index (χ4n) is 4.18. The molecule has 0 radical (unpaired) electrons. The highest BCUT2D eigenvalue weighted by atomic mass is 32.2. The molecule has 2 saturated heterocycles. The van der Waals surface area contributed by atoms with Gasteiger partial charge in [0.2, 0.25) is 0 Å². The van der Waals surface area contributed by atoms with Crippen LogP contribution >= 0.6 is 0 Å². The van der Waals surface area contributed by atoms with Gasteiger partial charge in [0.1, 0.15) is 40.3 Å². The molecule has 148 valence electrons. The van der Waals surface area contributed by atoms with Crippen molar-refractivity contribution in [3.63, 3.8) is 0 Å². The summed E-state index contributed by atoms with van der Waals surface area (Å²) in [6.45, 7) is 0. The Morgan fingerprint density at radius 3 is 2.00 bits per heavy atom. The van der Waals surface area contributed by atoms with Crippen LogP contribution in [0.2, 0.25) is 0 Å². The number of hydrogen-bond acceptors (Lipinski definition) is 1. The van der Waals surface area contributed by atoms with Crippen LogP contribution in [0.5, 0.6) is 5.75 Å². The molecule has 3 heteroatoms. The number of benzene rings is 2. The van der Waals surface area contributed by atoms with Crippen molar-refractivity contribution in [1.82, 2.24) is 0 Å². The van der Waals surface area contributed by atoms with E-state index in [0.717, 1.165) is 5.75 Å². The maximum absolute atomic E-state index is 5.86. The molecule has 2 aliphatic heterocycles. The Hall–Kier alpha value is -1.32. The minimum Gasteiger partial charge on any atom is -0.496 e. The first kappa shape index (κ1) is 20.0. The average molecular weight is 413 g/mol. The molecule has 28 heavy (non-hydrogen) atoms. The van der Waals surface area contributed by atoms with Gasteiger partial charge in [0.15, 0.2) is 0 Å². The van der Waals surface area contributed by atoms with Crippen molar-refractivity contribution >= 4 is 33.9 Å². The Morgan fingerprint density at radius 1 is 0.786 bits per heavy atom. The Bertz CT molecular complexity index is 788. The summed E-state index contributed by atoms with van der Waals surface area (Å²) in [5, 5.41) is 0. The highest BCUT2D eigenvalue weighted by molar-refractivity contribution is 7.96. The summed E-state index contributed by atoms with van der Waals surface area (Å²) in [5.74, 6) is 9.17. The first-order valence-corrected chi connectivity index (χ1v) is 14.0. The second kappa shape index (κ2) is 9.93. The third-order valence-corrected chi connectivity index (χ3v) is 10.7. The lowest BCUT2D eigenvalue weighted by Gasteiger charge is -2.13. The van der Waals surface area contributed by atoms with E-state index in [-0.39, 0.29) is 0 Å². The summed E-state index contributed by atoms with van der Waals surface area (Å²) in [4.78, 5) is 0. The van der Waals surface area contributed by atoms with E-state index >= 15 is 0 Å². The fraction of sp³-hybridized carbons (Fsp3) is 0.440. The number of ether oxygens (including phenoxy) is 1. The topological polar surface area (TPSA) is 9.23 Å². The van der Waals surface area contributed by atoms with Crippen molar-refractivity contribution in [2.75, 3.05) is 30.1 Å². The van der Waals surface area contributed by atoms with E-state index in [1.807, 2.05) is 7.11 Å². The van der Waals surface area contributed by atoms with Crippen LogP contribution in [0.25, 0.3) is 12.2 Å². The van der Waals surface area contributed by atoms with E-state index in [4.69, 9.17) is 4.74 Å². The summed E-state index contributed by atoms with van der Waals surface area (Å²) < 4.78 is 5.86. The first-order valence-electron chi connectivity index (χ1n) is 10.5. The van der Waals surface area contributed by atoms with Crippen LogP contribution in [-0.4, -0.2) is 30.1 Å². The van der Waals surface area contributed by atoms with Crippen LogP contribution in [0, 0.1) is 0 Å². The minimum atomic E-state index is 0.549. The second-order valence-electron chi connectivity index (χ2n) is 7.85. The predicted molar refractivity (Wildman–Crippen MR) is 128 cm³/mol. The van der Waals surface area contributed by atoms with Gasteiger partial charge < -0.3 is 4.74 Å².